The minimum absolute atomic E-state index is 0. The van der Waals surface area contributed by atoms with Crippen molar-refractivity contribution in [3.63, 3.8) is 0 Å². The van der Waals surface area contributed by atoms with Crippen LogP contribution in [0.25, 0.3) is 10.8 Å². The Morgan fingerprint density at radius 2 is 1.62 bits per heavy atom. The van der Waals surface area contributed by atoms with Crippen molar-refractivity contribution in [1.82, 2.24) is 4.72 Å². The quantitative estimate of drug-likeness (QED) is 0.694. The number of hydrogen-bond acceptors (Lipinski definition) is 3. The molecule has 4 nitrogen and oxygen atoms in total. The van der Waals surface area contributed by atoms with Crippen LogP contribution in [-0.4, -0.2) is 8.42 Å². The van der Waals surface area contributed by atoms with E-state index < -0.39 is 15.8 Å². The molecule has 3 rings (SSSR count). The molecule has 3 aromatic rings. The SMILES string of the molecule is Cl.Nc1cccc2c(S(=O)(=O)NCc3cccc(F)c3)cccc12. The monoisotopic (exact) mass is 366 g/mol. The normalized spacial score (nSPS) is 11.2. The van der Waals surface area contributed by atoms with Crippen molar-refractivity contribution in [3.05, 3.63) is 72.0 Å². The lowest BCUT2D eigenvalue weighted by atomic mass is 10.1. The van der Waals surface area contributed by atoms with Crippen LogP contribution in [0.3, 0.4) is 0 Å². The number of nitrogens with two attached hydrogens (primary N) is 1. The largest absolute Gasteiger partial charge is 0.398 e. The first-order valence-corrected chi connectivity index (χ1v) is 8.47. The molecule has 0 atom stereocenters. The molecule has 0 unspecified atom stereocenters. The van der Waals surface area contributed by atoms with Gasteiger partial charge in [-0.2, -0.15) is 0 Å². The van der Waals surface area contributed by atoms with Crippen LogP contribution in [-0.2, 0) is 16.6 Å². The Bertz CT molecular complexity index is 977. The molecule has 0 aliphatic carbocycles. The molecule has 0 bridgehead atoms. The fourth-order valence-corrected chi connectivity index (χ4v) is 3.68. The number of hydrogen-bond donors (Lipinski definition) is 2. The molecular weight excluding hydrogens is 351 g/mol. The Morgan fingerprint density at radius 1 is 0.958 bits per heavy atom. The third kappa shape index (κ3) is 3.67. The van der Waals surface area contributed by atoms with Gasteiger partial charge in [0, 0.05) is 23.0 Å². The minimum Gasteiger partial charge on any atom is -0.398 e. The van der Waals surface area contributed by atoms with E-state index in [0.717, 1.165) is 0 Å². The second kappa shape index (κ2) is 7.17. The molecule has 0 saturated carbocycles. The first-order valence-electron chi connectivity index (χ1n) is 6.99. The predicted molar refractivity (Wildman–Crippen MR) is 96.0 cm³/mol. The van der Waals surface area contributed by atoms with Crippen molar-refractivity contribution in [2.75, 3.05) is 5.73 Å². The molecular formula is C17H16ClFN2O2S. The predicted octanol–water partition coefficient (Wildman–Crippen LogP) is 3.46. The highest BCUT2D eigenvalue weighted by Gasteiger charge is 2.17. The maximum absolute atomic E-state index is 13.2. The lowest BCUT2D eigenvalue weighted by molar-refractivity contribution is 0.581. The molecule has 0 radical (unpaired) electrons. The van der Waals surface area contributed by atoms with E-state index in [4.69, 9.17) is 5.73 Å². The summed E-state index contributed by atoms with van der Waals surface area (Å²) in [5.74, 6) is -0.403. The highest BCUT2D eigenvalue weighted by molar-refractivity contribution is 7.89. The summed E-state index contributed by atoms with van der Waals surface area (Å²) in [7, 11) is -3.74. The van der Waals surface area contributed by atoms with E-state index in [9.17, 15) is 12.8 Å². The van der Waals surface area contributed by atoms with Gasteiger partial charge in [0.1, 0.15) is 5.82 Å². The van der Waals surface area contributed by atoms with E-state index in [2.05, 4.69) is 4.72 Å². The van der Waals surface area contributed by atoms with Gasteiger partial charge < -0.3 is 5.73 Å². The summed E-state index contributed by atoms with van der Waals surface area (Å²) in [6, 6.07) is 15.9. The molecule has 0 aliphatic rings. The average Bonchev–Trinajstić information content (AvgIpc) is 2.53. The van der Waals surface area contributed by atoms with E-state index in [0.29, 0.717) is 22.0 Å². The third-order valence-corrected chi connectivity index (χ3v) is 5.02. The molecule has 7 heteroatoms. The van der Waals surface area contributed by atoms with Crippen LogP contribution in [0.5, 0.6) is 0 Å². The zero-order valence-corrected chi connectivity index (χ0v) is 14.2. The van der Waals surface area contributed by atoms with Gasteiger partial charge in [-0.15, -0.1) is 12.4 Å². The molecule has 0 aromatic heterocycles. The topological polar surface area (TPSA) is 72.2 Å². The molecule has 0 amide bonds. The summed E-state index contributed by atoms with van der Waals surface area (Å²) in [6.07, 6.45) is 0. The second-order valence-corrected chi connectivity index (χ2v) is 6.89. The van der Waals surface area contributed by atoms with Gasteiger partial charge in [0.25, 0.3) is 0 Å². The standard InChI is InChI=1S/C17H15FN2O2S.ClH/c18-13-5-1-4-12(10-13)11-20-23(21,22)17-9-3-6-14-15(17)7-2-8-16(14)19;/h1-10,20H,11,19H2;1H. The van der Waals surface area contributed by atoms with Crippen molar-refractivity contribution < 1.29 is 12.8 Å². The smallest absolute Gasteiger partial charge is 0.241 e. The molecule has 3 N–H and O–H groups in total. The maximum atomic E-state index is 13.2. The second-order valence-electron chi connectivity index (χ2n) is 5.15. The molecule has 0 aliphatic heterocycles. The van der Waals surface area contributed by atoms with Crippen LogP contribution >= 0.6 is 12.4 Å². The fourth-order valence-electron chi connectivity index (χ4n) is 2.44. The highest BCUT2D eigenvalue weighted by Crippen LogP contribution is 2.27. The van der Waals surface area contributed by atoms with E-state index >= 15 is 0 Å². The van der Waals surface area contributed by atoms with E-state index in [1.54, 1.807) is 36.4 Å². The number of rotatable bonds is 4. The first-order chi connectivity index (χ1) is 11.0. The molecule has 0 spiro atoms. The molecule has 0 heterocycles. The maximum Gasteiger partial charge on any atom is 0.241 e. The van der Waals surface area contributed by atoms with Gasteiger partial charge in [-0.1, -0.05) is 36.4 Å². The van der Waals surface area contributed by atoms with E-state index in [1.807, 2.05) is 0 Å². The Hall–Kier alpha value is -2.15. The summed E-state index contributed by atoms with van der Waals surface area (Å²) < 4.78 is 40.8. The molecule has 0 fully saturated rings. The Kier molecular flexibility index (Phi) is 5.43. The van der Waals surface area contributed by atoms with Crippen LogP contribution in [0.1, 0.15) is 5.56 Å². The van der Waals surface area contributed by atoms with Crippen molar-refractivity contribution in [1.29, 1.82) is 0 Å². The summed E-state index contributed by atoms with van der Waals surface area (Å²) in [5.41, 5.74) is 6.96. The summed E-state index contributed by atoms with van der Waals surface area (Å²) >= 11 is 0. The van der Waals surface area contributed by atoms with Crippen LogP contribution in [0.4, 0.5) is 10.1 Å². The van der Waals surface area contributed by atoms with Crippen LogP contribution in [0.2, 0.25) is 0 Å². The lowest BCUT2D eigenvalue weighted by Gasteiger charge is -2.11. The van der Waals surface area contributed by atoms with Crippen LogP contribution < -0.4 is 10.5 Å². The van der Waals surface area contributed by atoms with Gasteiger partial charge >= 0.3 is 0 Å². The van der Waals surface area contributed by atoms with Crippen LogP contribution in [0.15, 0.2) is 65.6 Å². The zero-order valence-electron chi connectivity index (χ0n) is 12.6. The number of sulfonamides is 1. The van der Waals surface area contributed by atoms with E-state index in [1.165, 1.54) is 24.3 Å². The minimum atomic E-state index is -3.74. The molecule has 3 aromatic carbocycles. The fraction of sp³-hybridized carbons (Fsp3) is 0.0588. The van der Waals surface area contributed by atoms with Crippen molar-refractivity contribution in [2.45, 2.75) is 11.4 Å². The number of benzene rings is 3. The number of nitrogens with one attached hydrogen (secondary N) is 1. The Labute approximate surface area is 146 Å². The highest BCUT2D eigenvalue weighted by atomic mass is 35.5. The van der Waals surface area contributed by atoms with Crippen molar-refractivity contribution in [3.8, 4) is 0 Å². The number of anilines is 1. The van der Waals surface area contributed by atoms with Gasteiger partial charge in [-0.25, -0.2) is 17.5 Å². The van der Waals surface area contributed by atoms with Gasteiger partial charge in [0.2, 0.25) is 10.0 Å². The lowest BCUT2D eigenvalue weighted by Crippen LogP contribution is -2.23. The molecule has 24 heavy (non-hydrogen) atoms. The van der Waals surface area contributed by atoms with Crippen LogP contribution in [0, 0.1) is 5.82 Å². The van der Waals surface area contributed by atoms with Gasteiger partial charge in [-0.05, 0) is 29.8 Å². The summed E-state index contributed by atoms with van der Waals surface area (Å²) in [6.45, 7) is 0.0127. The Morgan fingerprint density at radius 3 is 2.38 bits per heavy atom. The molecule has 0 saturated heterocycles. The van der Waals surface area contributed by atoms with Gasteiger partial charge in [-0.3, -0.25) is 0 Å². The van der Waals surface area contributed by atoms with Crippen molar-refractivity contribution in [2.24, 2.45) is 0 Å². The molecule has 126 valence electrons. The number of fused-ring (bicyclic) bond motifs is 1. The summed E-state index contributed by atoms with van der Waals surface area (Å²) in [5, 5.41) is 1.24. The first kappa shape index (κ1) is 18.2. The number of nitrogen functional groups attached to an aromatic ring is 1. The third-order valence-electron chi connectivity index (χ3n) is 3.56. The Balaban J connectivity index is 0.00000208. The van der Waals surface area contributed by atoms with Crippen molar-refractivity contribution >= 4 is 38.9 Å². The number of halogens is 2. The zero-order chi connectivity index (χ0) is 16.4. The van der Waals surface area contributed by atoms with Gasteiger partial charge in [0.05, 0.1) is 4.90 Å². The van der Waals surface area contributed by atoms with Gasteiger partial charge in [0.15, 0.2) is 0 Å². The average molecular weight is 367 g/mol. The summed E-state index contributed by atoms with van der Waals surface area (Å²) in [4.78, 5) is 0.152. The van der Waals surface area contributed by atoms with E-state index in [-0.39, 0.29) is 23.8 Å².